The lowest BCUT2D eigenvalue weighted by Gasteiger charge is -2.35. The summed E-state index contributed by atoms with van der Waals surface area (Å²) in [6, 6.07) is 7.24. The molecule has 16 heavy (non-hydrogen) atoms. The molecule has 0 spiro atoms. The van der Waals surface area contributed by atoms with Gasteiger partial charge in [-0.3, -0.25) is 0 Å². The minimum Gasteiger partial charge on any atom is -0.369 e. The molecule has 3 nitrogen and oxygen atoms in total. The van der Waals surface area contributed by atoms with Crippen LogP contribution in [0.4, 0.5) is 10.1 Å². The lowest BCUT2D eigenvalue weighted by Crippen LogP contribution is -2.54. The van der Waals surface area contributed by atoms with Crippen molar-refractivity contribution in [2.24, 2.45) is 0 Å². The SMILES string of the molecule is CNCC1CN(c2cccc(F)c2)CCN1. The zero-order valence-electron chi connectivity index (χ0n) is 9.54. The first-order chi connectivity index (χ1) is 7.79. The maximum atomic E-state index is 13.1. The van der Waals surface area contributed by atoms with Crippen molar-refractivity contribution in [1.29, 1.82) is 0 Å². The molecule has 1 aromatic carbocycles. The van der Waals surface area contributed by atoms with Crippen molar-refractivity contribution in [3.63, 3.8) is 0 Å². The number of nitrogens with one attached hydrogen (secondary N) is 2. The summed E-state index contributed by atoms with van der Waals surface area (Å²) in [4.78, 5) is 2.22. The Kier molecular flexibility index (Phi) is 3.74. The van der Waals surface area contributed by atoms with Gasteiger partial charge in [0.05, 0.1) is 0 Å². The van der Waals surface area contributed by atoms with E-state index in [2.05, 4.69) is 15.5 Å². The van der Waals surface area contributed by atoms with E-state index in [4.69, 9.17) is 0 Å². The Bertz CT molecular complexity index is 341. The van der Waals surface area contributed by atoms with Crippen LogP contribution in [0.2, 0.25) is 0 Å². The van der Waals surface area contributed by atoms with Crippen LogP contribution < -0.4 is 15.5 Å². The average molecular weight is 223 g/mol. The van der Waals surface area contributed by atoms with Crippen LogP contribution in [0.15, 0.2) is 24.3 Å². The second kappa shape index (κ2) is 5.27. The summed E-state index contributed by atoms with van der Waals surface area (Å²) in [5.74, 6) is -0.166. The summed E-state index contributed by atoms with van der Waals surface area (Å²) in [5, 5.41) is 6.59. The third-order valence-electron chi connectivity index (χ3n) is 2.88. The first-order valence-corrected chi connectivity index (χ1v) is 5.68. The van der Waals surface area contributed by atoms with E-state index in [0.29, 0.717) is 6.04 Å². The van der Waals surface area contributed by atoms with Gasteiger partial charge in [-0.1, -0.05) is 6.07 Å². The molecule has 0 aliphatic carbocycles. The van der Waals surface area contributed by atoms with Crippen LogP contribution >= 0.6 is 0 Å². The molecule has 1 atom stereocenters. The molecular formula is C12H18FN3. The Morgan fingerprint density at radius 2 is 2.44 bits per heavy atom. The number of likely N-dealkylation sites (N-methyl/N-ethyl adjacent to an activating group) is 1. The fraction of sp³-hybridized carbons (Fsp3) is 0.500. The van der Waals surface area contributed by atoms with E-state index in [-0.39, 0.29) is 5.82 Å². The van der Waals surface area contributed by atoms with Crippen LogP contribution in [0.5, 0.6) is 0 Å². The predicted octanol–water partition coefficient (Wildman–Crippen LogP) is 0.823. The summed E-state index contributed by atoms with van der Waals surface area (Å²) in [6.45, 7) is 3.74. The van der Waals surface area contributed by atoms with Crippen molar-refractivity contribution in [1.82, 2.24) is 10.6 Å². The van der Waals surface area contributed by atoms with Gasteiger partial charge in [0.25, 0.3) is 0 Å². The number of anilines is 1. The molecule has 1 aliphatic heterocycles. The second-order valence-electron chi connectivity index (χ2n) is 4.13. The topological polar surface area (TPSA) is 27.3 Å². The number of nitrogens with zero attached hydrogens (tertiary/aromatic N) is 1. The number of halogens is 1. The number of rotatable bonds is 3. The van der Waals surface area contributed by atoms with Crippen LogP contribution in [0, 0.1) is 5.82 Å². The molecule has 0 aromatic heterocycles. The van der Waals surface area contributed by atoms with Crippen LogP contribution in [0.1, 0.15) is 0 Å². The molecule has 1 aromatic rings. The van der Waals surface area contributed by atoms with Gasteiger partial charge in [0, 0.05) is 37.9 Å². The Hall–Kier alpha value is -1.13. The standard InChI is InChI=1S/C12H18FN3/c1-14-8-11-9-16(6-5-15-11)12-4-2-3-10(13)7-12/h2-4,7,11,14-15H,5-6,8-9H2,1H3. The van der Waals surface area contributed by atoms with Gasteiger partial charge in [0.1, 0.15) is 5.82 Å². The van der Waals surface area contributed by atoms with Gasteiger partial charge in [0.15, 0.2) is 0 Å². The van der Waals surface area contributed by atoms with Crippen molar-refractivity contribution in [2.45, 2.75) is 6.04 Å². The molecule has 88 valence electrons. The van der Waals surface area contributed by atoms with Gasteiger partial charge in [-0.2, -0.15) is 0 Å². The summed E-state index contributed by atoms with van der Waals surface area (Å²) in [6.07, 6.45) is 0. The molecule has 4 heteroatoms. The molecule has 0 radical (unpaired) electrons. The highest BCUT2D eigenvalue weighted by atomic mass is 19.1. The van der Waals surface area contributed by atoms with Crippen molar-refractivity contribution >= 4 is 5.69 Å². The van der Waals surface area contributed by atoms with E-state index in [9.17, 15) is 4.39 Å². The van der Waals surface area contributed by atoms with Crippen molar-refractivity contribution in [3.05, 3.63) is 30.1 Å². The Morgan fingerprint density at radius 3 is 3.19 bits per heavy atom. The lowest BCUT2D eigenvalue weighted by atomic mass is 10.2. The molecule has 1 aliphatic rings. The van der Waals surface area contributed by atoms with Crippen LogP contribution in [-0.4, -0.2) is 39.3 Å². The van der Waals surface area contributed by atoms with E-state index >= 15 is 0 Å². The molecule has 1 heterocycles. The molecular weight excluding hydrogens is 205 g/mol. The zero-order valence-corrected chi connectivity index (χ0v) is 9.54. The van der Waals surface area contributed by atoms with Gasteiger partial charge in [-0.15, -0.1) is 0 Å². The summed E-state index contributed by atoms with van der Waals surface area (Å²) in [5.41, 5.74) is 0.975. The number of hydrogen-bond donors (Lipinski definition) is 2. The van der Waals surface area contributed by atoms with Gasteiger partial charge >= 0.3 is 0 Å². The number of benzene rings is 1. The maximum Gasteiger partial charge on any atom is 0.125 e. The Labute approximate surface area is 95.6 Å². The Balaban J connectivity index is 2.03. The minimum absolute atomic E-state index is 0.166. The van der Waals surface area contributed by atoms with E-state index in [1.54, 1.807) is 12.1 Å². The van der Waals surface area contributed by atoms with E-state index in [0.717, 1.165) is 31.9 Å². The molecule has 1 saturated heterocycles. The summed E-state index contributed by atoms with van der Waals surface area (Å²) in [7, 11) is 1.95. The summed E-state index contributed by atoms with van der Waals surface area (Å²) >= 11 is 0. The molecule has 0 amide bonds. The fourth-order valence-electron chi connectivity index (χ4n) is 2.12. The van der Waals surface area contributed by atoms with E-state index in [1.165, 1.54) is 6.07 Å². The molecule has 2 rings (SSSR count). The van der Waals surface area contributed by atoms with Crippen LogP contribution in [0.25, 0.3) is 0 Å². The Morgan fingerprint density at radius 1 is 1.56 bits per heavy atom. The van der Waals surface area contributed by atoms with E-state index in [1.807, 2.05) is 13.1 Å². The molecule has 0 bridgehead atoms. The van der Waals surface area contributed by atoms with Gasteiger partial charge in [-0.25, -0.2) is 4.39 Å². The molecule has 0 saturated carbocycles. The van der Waals surface area contributed by atoms with Gasteiger partial charge in [0.2, 0.25) is 0 Å². The molecule has 2 N–H and O–H groups in total. The number of hydrogen-bond acceptors (Lipinski definition) is 3. The van der Waals surface area contributed by atoms with Crippen LogP contribution in [-0.2, 0) is 0 Å². The normalized spacial score (nSPS) is 21.1. The third-order valence-corrected chi connectivity index (χ3v) is 2.88. The van der Waals surface area contributed by atoms with E-state index < -0.39 is 0 Å². The minimum atomic E-state index is -0.166. The maximum absolute atomic E-state index is 13.1. The number of piperazine rings is 1. The first kappa shape index (κ1) is 11.4. The lowest BCUT2D eigenvalue weighted by molar-refractivity contribution is 0.443. The largest absolute Gasteiger partial charge is 0.369 e. The van der Waals surface area contributed by atoms with Crippen molar-refractivity contribution in [3.8, 4) is 0 Å². The summed E-state index contributed by atoms with van der Waals surface area (Å²) < 4.78 is 13.1. The van der Waals surface area contributed by atoms with Crippen molar-refractivity contribution in [2.75, 3.05) is 38.1 Å². The highest BCUT2D eigenvalue weighted by molar-refractivity contribution is 5.47. The third kappa shape index (κ3) is 2.71. The average Bonchev–Trinajstić information content (AvgIpc) is 2.30. The van der Waals surface area contributed by atoms with Gasteiger partial charge in [-0.05, 0) is 25.2 Å². The monoisotopic (exact) mass is 223 g/mol. The molecule has 1 unspecified atom stereocenters. The smallest absolute Gasteiger partial charge is 0.125 e. The highest BCUT2D eigenvalue weighted by Gasteiger charge is 2.18. The molecule has 1 fully saturated rings. The zero-order chi connectivity index (χ0) is 11.4. The quantitative estimate of drug-likeness (QED) is 0.794. The van der Waals surface area contributed by atoms with Gasteiger partial charge < -0.3 is 15.5 Å². The first-order valence-electron chi connectivity index (χ1n) is 5.68. The van der Waals surface area contributed by atoms with Crippen LogP contribution in [0.3, 0.4) is 0 Å². The van der Waals surface area contributed by atoms with Crippen molar-refractivity contribution < 1.29 is 4.39 Å². The highest BCUT2D eigenvalue weighted by Crippen LogP contribution is 2.16. The predicted molar refractivity (Wildman–Crippen MR) is 64.3 cm³/mol. The second-order valence-corrected chi connectivity index (χ2v) is 4.13. The fourth-order valence-corrected chi connectivity index (χ4v) is 2.12.